The number of aromatic nitrogens is 3. The fraction of sp³-hybridized carbons (Fsp3) is 0.444. The van der Waals surface area contributed by atoms with Crippen molar-refractivity contribution in [3.8, 4) is 29.6 Å². The van der Waals surface area contributed by atoms with Crippen LogP contribution in [0.25, 0.3) is 32.9 Å². The first-order chi connectivity index (χ1) is 24.1. The molecule has 51 heavy (non-hydrogen) atoms. The van der Waals surface area contributed by atoms with E-state index in [0.29, 0.717) is 35.1 Å². The number of rotatable bonds is 6. The van der Waals surface area contributed by atoms with E-state index < -0.39 is 44.8 Å². The summed E-state index contributed by atoms with van der Waals surface area (Å²) in [5.74, 6) is 1.29. The largest absolute Gasteiger partial charge is 0.462 e. The van der Waals surface area contributed by atoms with E-state index >= 15 is 4.39 Å². The maximum atomic E-state index is 16.9. The van der Waals surface area contributed by atoms with Gasteiger partial charge in [-0.05, 0) is 58.5 Å². The molecule has 3 aliphatic rings. The van der Waals surface area contributed by atoms with E-state index in [1.165, 1.54) is 12.3 Å². The highest BCUT2D eigenvalue weighted by atomic mass is 32.3. The van der Waals surface area contributed by atoms with Crippen molar-refractivity contribution in [2.75, 3.05) is 38.2 Å². The molecule has 1 amide bonds. The number of anilines is 1. The van der Waals surface area contributed by atoms with Crippen molar-refractivity contribution < 1.29 is 35.4 Å². The van der Waals surface area contributed by atoms with Gasteiger partial charge in [0, 0.05) is 42.8 Å². The van der Waals surface area contributed by atoms with Crippen LogP contribution >= 0.6 is 0 Å². The lowest BCUT2D eigenvalue weighted by molar-refractivity contribution is 0.0122. The molecule has 0 saturated carbocycles. The Morgan fingerprint density at radius 3 is 2.45 bits per heavy atom. The third-order valence-corrected chi connectivity index (χ3v) is 11.0. The predicted octanol–water partition coefficient (Wildman–Crippen LogP) is 5.44. The van der Waals surface area contributed by atoms with E-state index in [1.54, 1.807) is 41.1 Å². The third-order valence-electron chi connectivity index (χ3n) is 9.88. The topological polar surface area (TPSA) is 118 Å². The molecule has 3 fully saturated rings. The highest BCUT2D eigenvalue weighted by Gasteiger charge is 2.45. The number of halogens is 3. The van der Waals surface area contributed by atoms with Gasteiger partial charge in [0.1, 0.15) is 40.3 Å². The summed E-state index contributed by atoms with van der Waals surface area (Å²) in [4.78, 5) is 32.2. The minimum Gasteiger partial charge on any atom is -0.462 e. The van der Waals surface area contributed by atoms with E-state index in [2.05, 4.69) is 15.9 Å². The number of pyridine rings is 1. The Balaban J connectivity index is 1.30. The Morgan fingerprint density at radius 2 is 1.80 bits per heavy atom. The highest BCUT2D eigenvalue weighted by Crippen LogP contribution is 2.39. The first kappa shape index (κ1) is 34.8. The number of ether oxygens (including phenoxy) is 2. The Kier molecular flexibility index (Phi) is 8.74. The average molecular weight is 723 g/mol. The van der Waals surface area contributed by atoms with Gasteiger partial charge in [-0.2, -0.15) is 18.4 Å². The van der Waals surface area contributed by atoms with Crippen molar-refractivity contribution in [2.24, 2.45) is 0 Å². The second kappa shape index (κ2) is 12.8. The molecule has 5 heterocycles. The lowest BCUT2D eigenvalue weighted by Gasteiger charge is -2.42. The number of carbonyl (C=O) groups excluding carboxylic acids is 1. The summed E-state index contributed by atoms with van der Waals surface area (Å²) in [5, 5.41) is 0.0282. The van der Waals surface area contributed by atoms with Gasteiger partial charge < -0.3 is 14.4 Å². The van der Waals surface area contributed by atoms with Gasteiger partial charge in [0.05, 0.1) is 23.0 Å². The summed E-state index contributed by atoms with van der Waals surface area (Å²) >= 11 is 0. The minimum atomic E-state index is -4.75. The molecule has 4 atom stereocenters. The van der Waals surface area contributed by atoms with Gasteiger partial charge in [0.2, 0.25) is 0 Å². The first-order valence-corrected chi connectivity index (χ1v) is 18.1. The van der Waals surface area contributed by atoms with E-state index in [0.717, 1.165) is 12.8 Å². The first-order valence-electron chi connectivity index (χ1n) is 16.7. The number of hydrogen-bond donors (Lipinski definition) is 0. The minimum absolute atomic E-state index is 0.00331. The smallest absolute Gasteiger partial charge is 0.410 e. The number of likely N-dealkylation sites (tertiary alicyclic amines) is 1. The highest BCUT2D eigenvalue weighted by molar-refractivity contribution is 7.87. The molecule has 3 saturated heterocycles. The monoisotopic (exact) mass is 722 g/mol. The van der Waals surface area contributed by atoms with Crippen LogP contribution in [0.5, 0.6) is 6.01 Å². The van der Waals surface area contributed by atoms with Crippen LogP contribution < -0.4 is 9.64 Å². The lowest BCUT2D eigenvalue weighted by atomic mass is 9.96. The molecular weight excluding hydrogens is 685 g/mol. The normalized spacial score (nSPS) is 22.5. The summed E-state index contributed by atoms with van der Waals surface area (Å²) in [5.41, 5.74) is -0.627. The van der Waals surface area contributed by atoms with Crippen LogP contribution in [-0.2, 0) is 15.0 Å². The molecule has 7 rings (SSSR count). The second-order valence-corrected chi connectivity index (χ2v) is 16.0. The van der Waals surface area contributed by atoms with Crippen molar-refractivity contribution in [3.05, 3.63) is 53.7 Å². The molecule has 15 heteroatoms. The van der Waals surface area contributed by atoms with Gasteiger partial charge in [-0.15, -0.1) is 10.3 Å². The van der Waals surface area contributed by atoms with Gasteiger partial charge >= 0.3 is 22.3 Å². The van der Waals surface area contributed by atoms with Crippen LogP contribution in [0, 0.1) is 24.0 Å². The van der Waals surface area contributed by atoms with Gasteiger partial charge in [-0.1, -0.05) is 30.2 Å². The van der Waals surface area contributed by atoms with Crippen LogP contribution in [0.3, 0.4) is 0 Å². The number of likely N-dealkylation sites (N-methyl/N-ethyl adjacent to an activating group) is 1. The molecule has 4 aromatic rings. The zero-order chi connectivity index (χ0) is 36.4. The van der Waals surface area contributed by atoms with Gasteiger partial charge in [0.15, 0.2) is 5.82 Å². The van der Waals surface area contributed by atoms with Crippen molar-refractivity contribution in [3.63, 3.8) is 0 Å². The maximum Gasteiger partial charge on any atom is 0.410 e. The second-order valence-electron chi connectivity index (χ2n) is 14.4. The number of amides is 1. The standard InChI is InChI=1S/C36H37F3N6O5S/c1-6-25-28(37)13-10-20-8-7-9-26(29(20)25)31-30(38)32-27(15-40-31)33(42-34(41-32)49-19-23-14-24(18-43(23)5)51(39,47)48)44-16-21-11-12-22(17-44)45(21)35(46)50-36(2,3)4/h1,7-10,13,15,21-24H,11-12,14,16-19H2,2-5H3/t21-,22+,23-,24+/m0/s1. The molecule has 2 aromatic heterocycles. The maximum absolute atomic E-state index is 16.9. The van der Waals surface area contributed by atoms with Gasteiger partial charge in [-0.25, -0.2) is 13.6 Å². The molecule has 0 aliphatic carbocycles. The van der Waals surface area contributed by atoms with E-state index in [-0.39, 0.29) is 60.0 Å². The Bertz CT molecular complexity index is 2190. The predicted molar refractivity (Wildman–Crippen MR) is 186 cm³/mol. The number of nitrogens with zero attached hydrogens (tertiary/aromatic N) is 6. The Labute approximate surface area is 294 Å². The zero-order valence-corrected chi connectivity index (χ0v) is 29.4. The van der Waals surface area contributed by atoms with Crippen molar-refractivity contribution in [1.29, 1.82) is 0 Å². The Morgan fingerprint density at radius 1 is 1.08 bits per heavy atom. The molecule has 3 aliphatic heterocycles. The van der Waals surface area contributed by atoms with Gasteiger partial charge in [0.25, 0.3) is 0 Å². The Hall–Kier alpha value is -4.68. The molecule has 0 N–H and O–H groups in total. The van der Waals surface area contributed by atoms with Crippen LogP contribution in [0.2, 0.25) is 0 Å². The summed E-state index contributed by atoms with van der Waals surface area (Å²) in [7, 11) is -3.08. The molecule has 11 nitrogen and oxygen atoms in total. The summed E-state index contributed by atoms with van der Waals surface area (Å²) < 4.78 is 80.5. The van der Waals surface area contributed by atoms with Crippen LogP contribution in [-0.4, -0.2) is 102 Å². The number of benzene rings is 2. The SMILES string of the molecule is C#Cc1c(F)ccc2cccc(-c3ncc4c(N5C[C@H]6CC[C@@H](C5)N6C(=O)OC(C)(C)C)nc(OC[C@@H]5C[C@@H](S(=O)(=O)F)CN5C)nc4c3F)c12. The number of carbonyl (C=O) groups is 1. The number of terminal acetylenes is 1. The quantitative estimate of drug-likeness (QED) is 0.188. The number of hydrogen-bond acceptors (Lipinski definition) is 10. The van der Waals surface area contributed by atoms with E-state index in [1.807, 2.05) is 25.7 Å². The molecule has 2 bridgehead atoms. The zero-order valence-electron chi connectivity index (χ0n) is 28.6. The van der Waals surface area contributed by atoms with Crippen LogP contribution in [0.1, 0.15) is 45.6 Å². The third kappa shape index (κ3) is 6.51. The van der Waals surface area contributed by atoms with E-state index in [4.69, 9.17) is 20.9 Å². The fourth-order valence-corrected chi connectivity index (χ4v) is 8.36. The lowest BCUT2D eigenvalue weighted by Crippen LogP contribution is -2.57. The molecule has 0 spiro atoms. The van der Waals surface area contributed by atoms with Crippen LogP contribution in [0.15, 0.2) is 36.5 Å². The van der Waals surface area contributed by atoms with Crippen molar-refractivity contribution in [2.45, 2.75) is 69.0 Å². The van der Waals surface area contributed by atoms with E-state index in [9.17, 15) is 21.5 Å². The number of piperazine rings is 1. The molecular formula is C36H37F3N6O5S. The molecule has 268 valence electrons. The van der Waals surface area contributed by atoms with Crippen LogP contribution in [0.4, 0.5) is 23.3 Å². The average Bonchev–Trinajstić information content (AvgIpc) is 3.58. The molecule has 0 radical (unpaired) electrons. The summed E-state index contributed by atoms with van der Waals surface area (Å²) in [6.07, 6.45) is 8.25. The van der Waals surface area contributed by atoms with Gasteiger partial charge in [-0.3, -0.25) is 14.8 Å². The summed E-state index contributed by atoms with van der Waals surface area (Å²) in [6, 6.07) is 6.85. The summed E-state index contributed by atoms with van der Waals surface area (Å²) in [6.45, 7) is 6.11. The molecule has 0 unspecified atom stereocenters. The van der Waals surface area contributed by atoms with Crippen molar-refractivity contribution in [1.82, 2.24) is 24.8 Å². The van der Waals surface area contributed by atoms with Crippen molar-refractivity contribution >= 4 is 43.8 Å². The number of fused-ring (bicyclic) bond motifs is 4. The molecule has 2 aromatic carbocycles. The fourth-order valence-electron chi connectivity index (χ4n) is 7.49.